The van der Waals surface area contributed by atoms with Gasteiger partial charge < -0.3 is 5.73 Å². The molecule has 0 aromatic carbocycles. The zero-order valence-electron chi connectivity index (χ0n) is 9.04. The summed E-state index contributed by atoms with van der Waals surface area (Å²) in [6.45, 7) is 4.06. The predicted molar refractivity (Wildman–Crippen MR) is 57.8 cm³/mol. The van der Waals surface area contributed by atoms with Crippen molar-refractivity contribution in [2.75, 3.05) is 0 Å². The van der Waals surface area contributed by atoms with Crippen molar-refractivity contribution in [1.82, 2.24) is 9.78 Å². The highest BCUT2D eigenvalue weighted by Crippen LogP contribution is 2.14. The van der Waals surface area contributed by atoms with Crippen molar-refractivity contribution in [2.45, 2.75) is 32.7 Å². The summed E-state index contributed by atoms with van der Waals surface area (Å²) >= 11 is 0. The van der Waals surface area contributed by atoms with Crippen LogP contribution in [0.25, 0.3) is 0 Å². The average Bonchev–Trinajstić information content (AvgIpc) is 2.33. The third kappa shape index (κ3) is 2.15. The normalized spacial score (nSPS) is 12.5. The molecule has 0 amide bonds. The van der Waals surface area contributed by atoms with Crippen molar-refractivity contribution in [3.63, 3.8) is 0 Å². The van der Waals surface area contributed by atoms with E-state index in [2.05, 4.69) is 17.9 Å². The van der Waals surface area contributed by atoms with Crippen LogP contribution < -0.4 is 5.73 Å². The molecule has 76 valence electrons. The van der Waals surface area contributed by atoms with E-state index in [9.17, 15) is 0 Å². The van der Waals surface area contributed by atoms with Crippen LogP contribution in [0, 0.1) is 26.2 Å². The Labute approximate surface area is 85.3 Å². The lowest BCUT2D eigenvalue weighted by Crippen LogP contribution is -2.22. The molecule has 0 aliphatic rings. The van der Waals surface area contributed by atoms with Crippen molar-refractivity contribution in [1.29, 1.82) is 0 Å². The molecule has 1 rings (SSSR count). The molecule has 1 atom stereocenters. The molecular weight excluding hydrogens is 174 g/mol. The summed E-state index contributed by atoms with van der Waals surface area (Å²) in [6, 6.07) is 0.0431. The highest BCUT2D eigenvalue weighted by Gasteiger charge is 2.12. The van der Waals surface area contributed by atoms with Gasteiger partial charge in [0.2, 0.25) is 0 Å². The molecule has 1 aromatic heterocycles. The Bertz CT molecular complexity index is 357. The van der Waals surface area contributed by atoms with Crippen LogP contribution in [-0.2, 0) is 13.5 Å². The summed E-state index contributed by atoms with van der Waals surface area (Å²) in [5.74, 6) is 2.58. The van der Waals surface area contributed by atoms with E-state index in [1.807, 2.05) is 18.7 Å². The quantitative estimate of drug-likeness (QED) is 0.722. The Morgan fingerprint density at radius 3 is 2.64 bits per heavy atom. The molecule has 1 unspecified atom stereocenters. The van der Waals surface area contributed by atoms with E-state index >= 15 is 0 Å². The standard InChI is InChI=1S/C11H17N3/c1-5-6-10(12)7-11-8(2)13-14(4)9(11)3/h1,10H,6-7,12H2,2-4H3. The summed E-state index contributed by atoms with van der Waals surface area (Å²) < 4.78 is 1.88. The molecule has 1 aromatic rings. The molecule has 0 aliphatic carbocycles. The predicted octanol–water partition coefficient (Wildman–Crippen LogP) is 0.930. The van der Waals surface area contributed by atoms with Crippen LogP contribution >= 0.6 is 0 Å². The minimum atomic E-state index is 0.0431. The summed E-state index contributed by atoms with van der Waals surface area (Å²) in [5.41, 5.74) is 9.34. The molecule has 3 nitrogen and oxygen atoms in total. The summed E-state index contributed by atoms with van der Waals surface area (Å²) in [4.78, 5) is 0. The van der Waals surface area contributed by atoms with Crippen molar-refractivity contribution in [3.8, 4) is 12.3 Å². The number of aryl methyl sites for hydroxylation is 2. The summed E-state index contributed by atoms with van der Waals surface area (Å²) in [7, 11) is 1.94. The maximum absolute atomic E-state index is 5.88. The Morgan fingerprint density at radius 2 is 2.21 bits per heavy atom. The van der Waals surface area contributed by atoms with Gasteiger partial charge in [0.05, 0.1) is 5.69 Å². The van der Waals surface area contributed by atoms with Gasteiger partial charge >= 0.3 is 0 Å². The molecule has 0 saturated heterocycles. The van der Waals surface area contributed by atoms with Crippen LogP contribution in [0.4, 0.5) is 0 Å². The lowest BCUT2D eigenvalue weighted by molar-refractivity contribution is 0.681. The van der Waals surface area contributed by atoms with Crippen molar-refractivity contribution >= 4 is 0 Å². The van der Waals surface area contributed by atoms with Crippen molar-refractivity contribution in [2.24, 2.45) is 12.8 Å². The van der Waals surface area contributed by atoms with Gasteiger partial charge in [0.15, 0.2) is 0 Å². The van der Waals surface area contributed by atoms with Crippen LogP contribution in [0.15, 0.2) is 0 Å². The third-order valence-corrected chi connectivity index (χ3v) is 2.51. The molecule has 0 aliphatic heterocycles. The van der Waals surface area contributed by atoms with Gasteiger partial charge in [-0.15, -0.1) is 12.3 Å². The molecular formula is C11H17N3. The highest BCUT2D eigenvalue weighted by atomic mass is 15.3. The Balaban J connectivity index is 2.81. The van der Waals surface area contributed by atoms with Crippen LogP contribution in [0.1, 0.15) is 23.4 Å². The molecule has 2 N–H and O–H groups in total. The zero-order valence-corrected chi connectivity index (χ0v) is 9.04. The monoisotopic (exact) mass is 191 g/mol. The fourth-order valence-corrected chi connectivity index (χ4v) is 1.60. The van der Waals surface area contributed by atoms with E-state index in [0.29, 0.717) is 6.42 Å². The Hall–Kier alpha value is -1.27. The smallest absolute Gasteiger partial charge is 0.0628 e. The SMILES string of the molecule is C#CCC(N)Cc1c(C)nn(C)c1C. The van der Waals surface area contributed by atoms with Crippen LogP contribution in [0.5, 0.6) is 0 Å². The van der Waals surface area contributed by atoms with Gasteiger partial charge in [0, 0.05) is 25.2 Å². The Morgan fingerprint density at radius 1 is 1.57 bits per heavy atom. The Kier molecular flexibility index (Phi) is 3.32. The number of hydrogen-bond acceptors (Lipinski definition) is 2. The topological polar surface area (TPSA) is 43.8 Å². The van der Waals surface area contributed by atoms with Crippen molar-refractivity contribution in [3.05, 3.63) is 17.0 Å². The first-order valence-electron chi connectivity index (χ1n) is 4.74. The van der Waals surface area contributed by atoms with Gasteiger partial charge in [-0.1, -0.05) is 0 Å². The van der Waals surface area contributed by atoms with Crippen LogP contribution in [0.3, 0.4) is 0 Å². The van der Waals surface area contributed by atoms with Crippen LogP contribution in [-0.4, -0.2) is 15.8 Å². The maximum atomic E-state index is 5.88. The first-order valence-corrected chi connectivity index (χ1v) is 4.74. The summed E-state index contributed by atoms with van der Waals surface area (Å²) in [6.07, 6.45) is 6.65. The van der Waals surface area contributed by atoms with Gasteiger partial charge in [-0.2, -0.15) is 5.10 Å². The van der Waals surface area contributed by atoms with E-state index in [4.69, 9.17) is 12.2 Å². The number of terminal acetylenes is 1. The molecule has 14 heavy (non-hydrogen) atoms. The summed E-state index contributed by atoms with van der Waals surface area (Å²) in [5, 5.41) is 4.33. The minimum absolute atomic E-state index is 0.0431. The molecule has 0 fully saturated rings. The first-order chi connectivity index (χ1) is 6.56. The number of nitrogens with two attached hydrogens (primary N) is 1. The fraction of sp³-hybridized carbons (Fsp3) is 0.545. The molecule has 0 spiro atoms. The lowest BCUT2D eigenvalue weighted by Gasteiger charge is -2.08. The molecule has 0 saturated carbocycles. The molecule has 0 bridgehead atoms. The zero-order chi connectivity index (χ0) is 10.7. The van der Waals surface area contributed by atoms with Gasteiger partial charge in [0.1, 0.15) is 0 Å². The second-order valence-corrected chi connectivity index (χ2v) is 3.65. The second kappa shape index (κ2) is 4.30. The largest absolute Gasteiger partial charge is 0.327 e. The van der Waals surface area contributed by atoms with E-state index in [-0.39, 0.29) is 6.04 Å². The molecule has 1 heterocycles. The second-order valence-electron chi connectivity index (χ2n) is 3.65. The minimum Gasteiger partial charge on any atom is -0.327 e. The number of rotatable bonds is 3. The number of nitrogens with zero attached hydrogens (tertiary/aromatic N) is 2. The maximum Gasteiger partial charge on any atom is 0.0628 e. The highest BCUT2D eigenvalue weighted by molar-refractivity contribution is 5.25. The van der Waals surface area contributed by atoms with Crippen LogP contribution in [0.2, 0.25) is 0 Å². The van der Waals surface area contributed by atoms with E-state index in [1.54, 1.807) is 0 Å². The van der Waals surface area contributed by atoms with Gasteiger partial charge in [-0.05, 0) is 25.8 Å². The number of aromatic nitrogens is 2. The molecule has 3 heteroatoms. The lowest BCUT2D eigenvalue weighted by atomic mass is 10.0. The average molecular weight is 191 g/mol. The fourth-order valence-electron chi connectivity index (χ4n) is 1.60. The van der Waals surface area contributed by atoms with Gasteiger partial charge in [-0.3, -0.25) is 4.68 Å². The van der Waals surface area contributed by atoms with E-state index < -0.39 is 0 Å². The van der Waals surface area contributed by atoms with E-state index in [1.165, 1.54) is 11.3 Å². The number of hydrogen-bond donors (Lipinski definition) is 1. The van der Waals surface area contributed by atoms with E-state index in [0.717, 1.165) is 12.1 Å². The third-order valence-electron chi connectivity index (χ3n) is 2.51. The van der Waals surface area contributed by atoms with Gasteiger partial charge in [-0.25, -0.2) is 0 Å². The van der Waals surface area contributed by atoms with Gasteiger partial charge in [0.25, 0.3) is 0 Å². The van der Waals surface area contributed by atoms with Crippen molar-refractivity contribution < 1.29 is 0 Å². The first kappa shape index (κ1) is 10.8. The molecule has 0 radical (unpaired) electrons.